The van der Waals surface area contributed by atoms with Crippen LogP contribution in [0.5, 0.6) is 0 Å². The van der Waals surface area contributed by atoms with Gasteiger partial charge in [0.15, 0.2) is 6.10 Å². The van der Waals surface area contributed by atoms with Gasteiger partial charge in [0.05, 0.1) is 5.56 Å². The lowest BCUT2D eigenvalue weighted by molar-refractivity contribution is -0.127. The first-order chi connectivity index (χ1) is 10.5. The summed E-state index contributed by atoms with van der Waals surface area (Å²) in [7, 11) is 0. The van der Waals surface area contributed by atoms with Crippen LogP contribution in [0, 0.1) is 11.6 Å². The summed E-state index contributed by atoms with van der Waals surface area (Å²) in [6.07, 6.45) is -1.32. The molecule has 0 unspecified atom stereocenters. The maximum Gasteiger partial charge on any atom is 0.339 e. The van der Waals surface area contributed by atoms with Crippen molar-refractivity contribution < 1.29 is 27.9 Å². The Morgan fingerprint density at radius 1 is 1.09 bits per heavy atom. The second-order valence-corrected chi connectivity index (χ2v) is 5.90. The van der Waals surface area contributed by atoms with Gasteiger partial charge in [0.1, 0.15) is 11.6 Å². The summed E-state index contributed by atoms with van der Waals surface area (Å²) in [6.45, 7) is 6.39. The maximum atomic E-state index is 13.0. The van der Waals surface area contributed by atoms with E-state index in [-0.39, 0.29) is 5.56 Å². The molecular formula is C15H18F2N2O4. The highest BCUT2D eigenvalue weighted by atomic mass is 19.1. The van der Waals surface area contributed by atoms with Crippen molar-refractivity contribution >= 4 is 17.9 Å². The molecule has 8 heteroatoms. The minimum atomic E-state index is -1.32. The van der Waals surface area contributed by atoms with E-state index in [0.29, 0.717) is 6.07 Å². The molecular weight excluding hydrogens is 310 g/mol. The largest absolute Gasteiger partial charge is 0.449 e. The molecule has 1 rings (SSSR count). The van der Waals surface area contributed by atoms with Gasteiger partial charge < -0.3 is 10.1 Å². The Labute approximate surface area is 132 Å². The average Bonchev–Trinajstić information content (AvgIpc) is 2.34. The summed E-state index contributed by atoms with van der Waals surface area (Å²) in [5.41, 5.74) is -0.926. The number of benzene rings is 1. The van der Waals surface area contributed by atoms with Gasteiger partial charge in [-0.1, -0.05) is 0 Å². The van der Waals surface area contributed by atoms with E-state index in [1.807, 2.05) is 5.32 Å². The number of halogens is 2. The van der Waals surface area contributed by atoms with Gasteiger partial charge in [-0.3, -0.25) is 10.1 Å². The number of carbonyl (C=O) groups is 3. The monoisotopic (exact) mass is 328 g/mol. The highest BCUT2D eigenvalue weighted by Crippen LogP contribution is 2.10. The van der Waals surface area contributed by atoms with Gasteiger partial charge in [0, 0.05) is 11.6 Å². The molecule has 0 aliphatic carbocycles. The van der Waals surface area contributed by atoms with Crippen LogP contribution >= 0.6 is 0 Å². The predicted octanol–water partition coefficient (Wildman–Crippen LogP) is 2.13. The van der Waals surface area contributed by atoms with Gasteiger partial charge in [-0.25, -0.2) is 18.4 Å². The number of nitrogens with one attached hydrogen (secondary N) is 2. The standard InChI is InChI=1S/C15H18F2N2O4/c1-8(12(20)18-14(22)19-15(2,3)4)23-13(21)9-5-10(16)7-11(17)6-9/h5-8H,1-4H3,(H2,18,19,20,22)/t8-/m1/s1. The second kappa shape index (κ2) is 7.17. The number of carbonyl (C=O) groups excluding carboxylic acids is 3. The van der Waals surface area contributed by atoms with Crippen molar-refractivity contribution in [1.82, 2.24) is 10.6 Å². The van der Waals surface area contributed by atoms with E-state index >= 15 is 0 Å². The number of amides is 3. The van der Waals surface area contributed by atoms with Crippen LogP contribution in [0.3, 0.4) is 0 Å². The van der Waals surface area contributed by atoms with E-state index < -0.39 is 41.2 Å². The average molecular weight is 328 g/mol. The normalized spacial score (nSPS) is 12.3. The van der Waals surface area contributed by atoms with Gasteiger partial charge in [-0.05, 0) is 39.8 Å². The number of hydrogen-bond acceptors (Lipinski definition) is 4. The first-order valence-corrected chi connectivity index (χ1v) is 6.78. The van der Waals surface area contributed by atoms with E-state index in [1.54, 1.807) is 20.8 Å². The van der Waals surface area contributed by atoms with Crippen LogP contribution in [0.2, 0.25) is 0 Å². The molecule has 1 aromatic rings. The second-order valence-electron chi connectivity index (χ2n) is 5.90. The van der Waals surface area contributed by atoms with Crippen LogP contribution in [0.1, 0.15) is 38.1 Å². The molecule has 3 amide bonds. The fourth-order valence-electron chi connectivity index (χ4n) is 1.54. The van der Waals surface area contributed by atoms with Gasteiger partial charge in [0.25, 0.3) is 5.91 Å². The highest BCUT2D eigenvalue weighted by Gasteiger charge is 2.23. The van der Waals surface area contributed by atoms with Crippen molar-refractivity contribution in [2.24, 2.45) is 0 Å². The lowest BCUT2D eigenvalue weighted by Crippen LogP contribution is -2.50. The number of ether oxygens (including phenoxy) is 1. The highest BCUT2D eigenvalue weighted by molar-refractivity contribution is 5.98. The fraction of sp³-hybridized carbons (Fsp3) is 0.400. The Kier molecular flexibility index (Phi) is 5.78. The van der Waals surface area contributed by atoms with E-state index in [2.05, 4.69) is 5.32 Å². The predicted molar refractivity (Wildman–Crippen MR) is 77.7 cm³/mol. The van der Waals surface area contributed by atoms with E-state index in [4.69, 9.17) is 4.74 Å². The van der Waals surface area contributed by atoms with Gasteiger partial charge in [0.2, 0.25) is 0 Å². The molecule has 6 nitrogen and oxygen atoms in total. The van der Waals surface area contributed by atoms with E-state index in [1.165, 1.54) is 6.92 Å². The molecule has 0 aliphatic rings. The number of urea groups is 1. The fourth-order valence-corrected chi connectivity index (χ4v) is 1.54. The Morgan fingerprint density at radius 3 is 2.09 bits per heavy atom. The topological polar surface area (TPSA) is 84.5 Å². The molecule has 1 aromatic carbocycles. The third kappa shape index (κ3) is 6.41. The first-order valence-electron chi connectivity index (χ1n) is 6.78. The molecule has 0 aliphatic heterocycles. The Bertz CT molecular complexity index is 606. The van der Waals surface area contributed by atoms with Gasteiger partial charge in [-0.15, -0.1) is 0 Å². The Hall–Kier alpha value is -2.51. The molecule has 0 bridgehead atoms. The SMILES string of the molecule is C[C@@H](OC(=O)c1cc(F)cc(F)c1)C(=O)NC(=O)NC(C)(C)C. The third-order valence-corrected chi connectivity index (χ3v) is 2.48. The van der Waals surface area contributed by atoms with Gasteiger partial charge >= 0.3 is 12.0 Å². The van der Waals surface area contributed by atoms with E-state index in [9.17, 15) is 23.2 Å². The van der Waals surface area contributed by atoms with Crippen LogP contribution < -0.4 is 10.6 Å². The summed E-state index contributed by atoms with van der Waals surface area (Å²) in [6, 6.07) is 1.41. The van der Waals surface area contributed by atoms with Crippen LogP contribution in [-0.2, 0) is 9.53 Å². The van der Waals surface area contributed by atoms with Crippen molar-refractivity contribution in [1.29, 1.82) is 0 Å². The van der Waals surface area contributed by atoms with Crippen molar-refractivity contribution in [3.8, 4) is 0 Å². The van der Waals surface area contributed by atoms with Crippen LogP contribution in [0.4, 0.5) is 13.6 Å². The minimum absolute atomic E-state index is 0.374. The number of hydrogen-bond donors (Lipinski definition) is 2. The Morgan fingerprint density at radius 2 is 1.61 bits per heavy atom. The molecule has 23 heavy (non-hydrogen) atoms. The Balaban J connectivity index is 2.64. The molecule has 0 fully saturated rings. The van der Waals surface area contributed by atoms with Crippen LogP contribution in [0.15, 0.2) is 18.2 Å². The zero-order chi connectivity index (χ0) is 17.8. The molecule has 0 saturated carbocycles. The van der Waals surface area contributed by atoms with Crippen molar-refractivity contribution in [2.45, 2.75) is 39.3 Å². The van der Waals surface area contributed by atoms with Gasteiger partial charge in [-0.2, -0.15) is 0 Å². The zero-order valence-electron chi connectivity index (χ0n) is 13.2. The summed E-state index contributed by atoms with van der Waals surface area (Å²) >= 11 is 0. The van der Waals surface area contributed by atoms with E-state index in [0.717, 1.165) is 12.1 Å². The number of esters is 1. The van der Waals surface area contributed by atoms with Crippen LogP contribution in [-0.4, -0.2) is 29.6 Å². The molecule has 126 valence electrons. The van der Waals surface area contributed by atoms with Crippen molar-refractivity contribution in [2.75, 3.05) is 0 Å². The maximum absolute atomic E-state index is 13.0. The first kappa shape index (κ1) is 18.5. The summed E-state index contributed by atoms with van der Waals surface area (Å²) in [5, 5.41) is 4.50. The smallest absolute Gasteiger partial charge is 0.339 e. The summed E-state index contributed by atoms with van der Waals surface area (Å²) in [5.74, 6) is -3.84. The molecule has 0 heterocycles. The molecule has 2 N–H and O–H groups in total. The zero-order valence-corrected chi connectivity index (χ0v) is 13.2. The molecule has 1 atom stereocenters. The van der Waals surface area contributed by atoms with Crippen molar-refractivity contribution in [3.05, 3.63) is 35.4 Å². The quantitative estimate of drug-likeness (QED) is 0.833. The number of rotatable bonds is 3. The van der Waals surface area contributed by atoms with Crippen molar-refractivity contribution in [3.63, 3.8) is 0 Å². The third-order valence-electron chi connectivity index (χ3n) is 2.48. The minimum Gasteiger partial charge on any atom is -0.449 e. The summed E-state index contributed by atoms with van der Waals surface area (Å²) < 4.78 is 30.8. The lowest BCUT2D eigenvalue weighted by Gasteiger charge is -2.21. The molecule has 0 aromatic heterocycles. The van der Waals surface area contributed by atoms with Crippen LogP contribution in [0.25, 0.3) is 0 Å². The molecule has 0 saturated heterocycles. The number of imide groups is 1. The molecule has 0 radical (unpaired) electrons. The summed E-state index contributed by atoms with van der Waals surface area (Å²) in [4.78, 5) is 35.0. The molecule has 0 spiro atoms. The lowest BCUT2D eigenvalue weighted by atomic mass is 10.1.